The molecule has 9 heteroatoms. The predicted molar refractivity (Wildman–Crippen MR) is 152 cm³/mol. The van der Waals surface area contributed by atoms with Gasteiger partial charge in [0.25, 0.3) is 5.91 Å². The molecule has 202 valence electrons. The SMILES string of the molecule is Cc1cccc(Cl)c1N1CC=C[C@]23S[C@@H]4C=CCN(Cc5ccccc5)C(=O)[C@@H]4[C@H]2C(=O)N(CCO)C3C1=O. The molecule has 2 fully saturated rings. The van der Waals surface area contributed by atoms with Gasteiger partial charge in [0, 0.05) is 31.4 Å². The molecular weight excluding hydrogens is 534 g/mol. The van der Waals surface area contributed by atoms with E-state index >= 15 is 0 Å². The highest BCUT2D eigenvalue weighted by Gasteiger charge is 2.71. The number of thioether (sulfide) groups is 1. The average molecular weight is 564 g/mol. The second kappa shape index (κ2) is 10.2. The zero-order valence-electron chi connectivity index (χ0n) is 21.6. The summed E-state index contributed by atoms with van der Waals surface area (Å²) < 4.78 is -0.932. The lowest BCUT2D eigenvalue weighted by Crippen LogP contribution is -2.54. The number of rotatable bonds is 5. The molecule has 2 aromatic carbocycles. The fourth-order valence-corrected chi connectivity index (χ4v) is 8.98. The number of hydrogen-bond donors (Lipinski definition) is 1. The minimum atomic E-state index is -0.932. The molecule has 4 aliphatic rings. The van der Waals surface area contributed by atoms with Gasteiger partial charge in [-0.15, -0.1) is 11.8 Å². The molecule has 6 rings (SSSR count). The molecule has 5 atom stereocenters. The van der Waals surface area contributed by atoms with Gasteiger partial charge in [0.2, 0.25) is 11.8 Å². The Hall–Kier alpha value is -3.07. The Bertz CT molecular complexity index is 1360. The normalized spacial score (nSPS) is 29.8. The first-order valence-electron chi connectivity index (χ1n) is 13.2. The Morgan fingerprint density at radius 2 is 1.79 bits per heavy atom. The number of aryl methyl sites for hydroxylation is 1. The fraction of sp³-hybridized carbons (Fsp3) is 0.367. The standard InChI is InChI=1S/C30H30ClN3O4S/c1-19-8-5-11-21(31)25(19)33-15-7-13-30-24(28(37)34(16-17-35)26(30)29(33)38)23-22(39-30)12-6-14-32(27(23)36)18-20-9-3-2-4-10-20/h2-13,22-24,26,35H,14-18H2,1H3/t22-,23+,24+,26?,30+/m1/s1. The first-order valence-corrected chi connectivity index (χ1v) is 14.5. The molecule has 0 aliphatic carbocycles. The molecule has 0 aromatic heterocycles. The number of β-amino-alcohol motifs (C(OH)–C–C–N with tert-alkyl or cyclic N) is 1. The van der Waals surface area contributed by atoms with Crippen LogP contribution >= 0.6 is 23.4 Å². The molecule has 0 radical (unpaired) electrons. The van der Waals surface area contributed by atoms with Gasteiger partial charge < -0.3 is 19.8 Å². The van der Waals surface area contributed by atoms with E-state index in [9.17, 15) is 19.5 Å². The fourth-order valence-electron chi connectivity index (χ4n) is 6.65. The van der Waals surface area contributed by atoms with E-state index in [2.05, 4.69) is 0 Å². The van der Waals surface area contributed by atoms with Gasteiger partial charge in [0.1, 0.15) is 6.04 Å². The van der Waals surface area contributed by atoms with Gasteiger partial charge in [0.05, 0.1) is 33.9 Å². The summed E-state index contributed by atoms with van der Waals surface area (Å²) in [6.45, 7) is 2.86. The van der Waals surface area contributed by atoms with E-state index in [1.165, 1.54) is 16.7 Å². The topological polar surface area (TPSA) is 81.2 Å². The highest BCUT2D eigenvalue weighted by molar-refractivity contribution is 8.02. The molecule has 4 aliphatic heterocycles. The summed E-state index contributed by atoms with van der Waals surface area (Å²) in [5.74, 6) is -1.91. The molecule has 2 saturated heterocycles. The van der Waals surface area contributed by atoms with Crippen LogP contribution < -0.4 is 4.90 Å². The quantitative estimate of drug-likeness (QED) is 0.564. The van der Waals surface area contributed by atoms with Crippen LogP contribution in [0.2, 0.25) is 5.02 Å². The highest BCUT2D eigenvalue weighted by Crippen LogP contribution is 2.61. The summed E-state index contributed by atoms with van der Waals surface area (Å²) in [6.07, 6.45) is 7.94. The number of aliphatic hydroxyl groups excluding tert-OH is 1. The summed E-state index contributed by atoms with van der Waals surface area (Å²) in [6, 6.07) is 14.4. The Morgan fingerprint density at radius 1 is 1.00 bits per heavy atom. The zero-order chi connectivity index (χ0) is 27.3. The van der Waals surface area contributed by atoms with Crippen molar-refractivity contribution in [3.8, 4) is 0 Å². The van der Waals surface area contributed by atoms with Crippen LogP contribution in [-0.4, -0.2) is 74.9 Å². The van der Waals surface area contributed by atoms with Crippen molar-refractivity contribution in [3.05, 3.63) is 89.0 Å². The lowest BCUT2D eigenvalue weighted by Gasteiger charge is -2.35. The molecule has 4 heterocycles. The van der Waals surface area contributed by atoms with Crippen LogP contribution in [0.5, 0.6) is 0 Å². The Morgan fingerprint density at radius 3 is 2.54 bits per heavy atom. The third-order valence-electron chi connectivity index (χ3n) is 8.26. The van der Waals surface area contributed by atoms with Crippen molar-refractivity contribution < 1.29 is 19.5 Å². The summed E-state index contributed by atoms with van der Waals surface area (Å²) in [5, 5.41) is 10.1. The van der Waals surface area contributed by atoms with E-state index in [1.54, 1.807) is 15.9 Å². The van der Waals surface area contributed by atoms with Gasteiger partial charge in [-0.1, -0.05) is 78.4 Å². The van der Waals surface area contributed by atoms with Crippen LogP contribution in [0.15, 0.2) is 72.8 Å². The number of benzene rings is 2. The van der Waals surface area contributed by atoms with Crippen LogP contribution in [-0.2, 0) is 20.9 Å². The van der Waals surface area contributed by atoms with Crippen LogP contribution in [0.3, 0.4) is 0 Å². The number of carbonyl (C=O) groups excluding carboxylic acids is 3. The third kappa shape index (κ3) is 4.12. The van der Waals surface area contributed by atoms with Crippen LogP contribution in [0.1, 0.15) is 11.1 Å². The van der Waals surface area contributed by atoms with Crippen molar-refractivity contribution >= 4 is 46.8 Å². The van der Waals surface area contributed by atoms with Crippen molar-refractivity contribution in [3.63, 3.8) is 0 Å². The van der Waals surface area contributed by atoms with Crippen molar-refractivity contribution in [2.75, 3.05) is 31.1 Å². The van der Waals surface area contributed by atoms with Crippen LogP contribution in [0.25, 0.3) is 0 Å². The van der Waals surface area contributed by atoms with Crippen molar-refractivity contribution in [2.45, 2.75) is 29.5 Å². The Kier molecular flexibility index (Phi) is 6.81. The number of fused-ring (bicyclic) bond motifs is 2. The lowest BCUT2D eigenvalue weighted by molar-refractivity contribution is -0.143. The second-order valence-corrected chi connectivity index (χ2v) is 12.4. The Labute approximate surface area is 237 Å². The lowest BCUT2D eigenvalue weighted by atomic mass is 9.78. The number of carbonyl (C=O) groups is 3. The van der Waals surface area contributed by atoms with E-state index in [1.807, 2.05) is 73.7 Å². The maximum absolute atomic E-state index is 14.4. The first kappa shape index (κ1) is 26.2. The summed E-state index contributed by atoms with van der Waals surface area (Å²) in [7, 11) is 0. The minimum absolute atomic E-state index is 0.0202. The van der Waals surface area contributed by atoms with Gasteiger partial charge in [-0.05, 0) is 24.1 Å². The molecule has 1 N–H and O–H groups in total. The second-order valence-electron chi connectivity index (χ2n) is 10.5. The maximum Gasteiger partial charge on any atom is 0.251 e. The van der Waals surface area contributed by atoms with Gasteiger partial charge in [-0.25, -0.2) is 0 Å². The van der Waals surface area contributed by atoms with Gasteiger partial charge >= 0.3 is 0 Å². The first-order chi connectivity index (χ1) is 18.9. The molecular formula is C30H30ClN3O4S. The van der Waals surface area contributed by atoms with Crippen LogP contribution in [0, 0.1) is 18.8 Å². The van der Waals surface area contributed by atoms with E-state index in [-0.39, 0.29) is 36.1 Å². The van der Waals surface area contributed by atoms with Gasteiger partial charge in [-0.3, -0.25) is 14.4 Å². The van der Waals surface area contributed by atoms with Crippen molar-refractivity contribution in [1.82, 2.24) is 9.80 Å². The van der Waals surface area contributed by atoms with Crippen molar-refractivity contribution in [2.24, 2.45) is 11.8 Å². The summed E-state index contributed by atoms with van der Waals surface area (Å²) in [4.78, 5) is 47.6. The summed E-state index contributed by atoms with van der Waals surface area (Å²) >= 11 is 8.11. The van der Waals surface area contributed by atoms with Gasteiger partial charge in [0.15, 0.2) is 0 Å². The smallest absolute Gasteiger partial charge is 0.251 e. The number of hydrogen-bond acceptors (Lipinski definition) is 5. The van der Waals surface area contributed by atoms with Crippen LogP contribution in [0.4, 0.5) is 5.69 Å². The predicted octanol–water partition coefficient (Wildman–Crippen LogP) is 3.44. The molecule has 39 heavy (non-hydrogen) atoms. The minimum Gasteiger partial charge on any atom is -0.395 e. The zero-order valence-corrected chi connectivity index (χ0v) is 23.1. The van der Waals surface area contributed by atoms with E-state index in [0.29, 0.717) is 30.3 Å². The monoisotopic (exact) mass is 563 g/mol. The van der Waals surface area contributed by atoms with E-state index in [4.69, 9.17) is 11.6 Å². The largest absolute Gasteiger partial charge is 0.395 e. The summed E-state index contributed by atoms with van der Waals surface area (Å²) in [5.41, 5.74) is 2.49. The molecule has 3 amide bonds. The molecule has 1 spiro atoms. The number of halogens is 1. The number of nitrogens with zero attached hydrogens (tertiary/aromatic N) is 3. The number of para-hydroxylation sites is 1. The highest BCUT2D eigenvalue weighted by atomic mass is 35.5. The number of anilines is 1. The molecule has 1 unspecified atom stereocenters. The van der Waals surface area contributed by atoms with Gasteiger partial charge in [-0.2, -0.15) is 0 Å². The Balaban J connectivity index is 1.41. The molecule has 0 saturated carbocycles. The average Bonchev–Trinajstić information content (AvgIpc) is 3.23. The molecule has 2 aromatic rings. The molecule has 0 bridgehead atoms. The third-order valence-corrected chi connectivity index (χ3v) is 10.3. The van der Waals surface area contributed by atoms with Crippen molar-refractivity contribution in [1.29, 1.82) is 0 Å². The maximum atomic E-state index is 14.4. The van der Waals surface area contributed by atoms with E-state index in [0.717, 1.165) is 11.1 Å². The molecule has 7 nitrogen and oxygen atoms in total. The number of likely N-dealkylation sites (tertiary alicyclic amines) is 1. The van der Waals surface area contributed by atoms with E-state index < -0.39 is 22.6 Å². The number of amides is 3. The number of aliphatic hydroxyl groups is 1.